The predicted octanol–water partition coefficient (Wildman–Crippen LogP) is 2.50. The minimum Gasteiger partial charge on any atom is -0.456 e. The molecule has 0 bridgehead atoms. The van der Waals surface area contributed by atoms with Gasteiger partial charge >= 0.3 is 0 Å². The number of carbonyl (C=O) groups is 2. The van der Waals surface area contributed by atoms with Gasteiger partial charge in [-0.1, -0.05) is 6.08 Å². The fourth-order valence-corrected chi connectivity index (χ4v) is 1.91. The van der Waals surface area contributed by atoms with Crippen molar-refractivity contribution in [2.45, 2.75) is 0 Å². The van der Waals surface area contributed by atoms with E-state index in [1.165, 1.54) is 18.2 Å². The minimum atomic E-state index is -1.39. The van der Waals surface area contributed by atoms with Gasteiger partial charge in [-0.05, 0) is 36.4 Å². The highest BCUT2D eigenvalue weighted by Gasteiger charge is 2.27. The highest BCUT2D eigenvalue weighted by atomic mass is 16.5. The quantitative estimate of drug-likeness (QED) is 0.480. The highest BCUT2D eigenvalue weighted by Crippen LogP contribution is 2.21. The smallest absolute Gasteiger partial charge is 0.245 e. The topological polar surface area (TPSA) is 92.1 Å². The second-order valence-electron chi connectivity index (χ2n) is 4.78. The standard InChI is InChI=1S/C18H15N3O3/c1-2-9-21-18(23)16(11-19)17(22)13-5-7-14(8-6-13)24-15-4-3-10-20-12-15/h2-8,10,12,16H,1,9H2,(H,21,23)/t16-/m1/s1. The molecule has 0 aliphatic rings. The highest BCUT2D eigenvalue weighted by molar-refractivity contribution is 6.12. The molecule has 0 radical (unpaired) electrons. The Bertz CT molecular complexity index is 764. The molecule has 1 atom stereocenters. The number of nitriles is 1. The fraction of sp³-hybridized carbons (Fsp3) is 0.111. The summed E-state index contributed by atoms with van der Waals surface area (Å²) in [6, 6.07) is 11.4. The van der Waals surface area contributed by atoms with Crippen LogP contribution in [-0.2, 0) is 4.79 Å². The second kappa shape index (κ2) is 8.25. The summed E-state index contributed by atoms with van der Waals surface area (Å²) in [6.45, 7) is 3.66. The maximum absolute atomic E-state index is 12.3. The van der Waals surface area contributed by atoms with Crippen molar-refractivity contribution in [1.82, 2.24) is 10.3 Å². The van der Waals surface area contributed by atoms with Crippen LogP contribution in [0.5, 0.6) is 11.5 Å². The molecule has 6 nitrogen and oxygen atoms in total. The first-order chi connectivity index (χ1) is 11.7. The van der Waals surface area contributed by atoms with Gasteiger partial charge < -0.3 is 10.1 Å². The molecule has 0 spiro atoms. The summed E-state index contributed by atoms with van der Waals surface area (Å²) in [4.78, 5) is 28.1. The van der Waals surface area contributed by atoms with Crippen LogP contribution in [0.1, 0.15) is 10.4 Å². The number of carbonyl (C=O) groups excluding carboxylic acids is 2. The number of hydrogen-bond donors (Lipinski definition) is 1. The number of ketones is 1. The summed E-state index contributed by atoms with van der Waals surface area (Å²) in [7, 11) is 0. The van der Waals surface area contributed by atoms with Gasteiger partial charge in [-0.2, -0.15) is 5.26 Å². The monoisotopic (exact) mass is 321 g/mol. The van der Waals surface area contributed by atoms with E-state index < -0.39 is 17.6 Å². The molecule has 1 N–H and O–H groups in total. The average Bonchev–Trinajstić information content (AvgIpc) is 2.62. The van der Waals surface area contributed by atoms with E-state index in [4.69, 9.17) is 10.00 Å². The van der Waals surface area contributed by atoms with Gasteiger partial charge in [0.15, 0.2) is 11.7 Å². The van der Waals surface area contributed by atoms with Crippen LogP contribution in [0.4, 0.5) is 0 Å². The van der Waals surface area contributed by atoms with Crippen LogP contribution < -0.4 is 10.1 Å². The molecular weight excluding hydrogens is 306 g/mol. The lowest BCUT2D eigenvalue weighted by molar-refractivity contribution is -0.121. The zero-order valence-corrected chi connectivity index (χ0v) is 12.8. The molecule has 0 fully saturated rings. The van der Waals surface area contributed by atoms with Gasteiger partial charge in [0.25, 0.3) is 0 Å². The Balaban J connectivity index is 2.08. The first-order valence-corrected chi connectivity index (χ1v) is 7.16. The third-order valence-corrected chi connectivity index (χ3v) is 3.08. The van der Waals surface area contributed by atoms with Gasteiger partial charge in [0.2, 0.25) is 5.91 Å². The van der Waals surface area contributed by atoms with E-state index in [9.17, 15) is 9.59 Å². The lowest BCUT2D eigenvalue weighted by Gasteiger charge is -2.09. The van der Waals surface area contributed by atoms with Gasteiger partial charge in [0, 0.05) is 18.3 Å². The summed E-state index contributed by atoms with van der Waals surface area (Å²) in [5.74, 6) is -1.51. The molecule has 1 aromatic carbocycles. The molecule has 0 aliphatic heterocycles. The molecule has 1 amide bonds. The van der Waals surface area contributed by atoms with Crippen molar-refractivity contribution in [3.63, 3.8) is 0 Å². The summed E-state index contributed by atoms with van der Waals surface area (Å²) >= 11 is 0. The number of amides is 1. The Hall–Kier alpha value is -3.46. The fourth-order valence-electron chi connectivity index (χ4n) is 1.91. The third kappa shape index (κ3) is 4.27. The largest absolute Gasteiger partial charge is 0.456 e. The number of nitrogens with one attached hydrogen (secondary N) is 1. The van der Waals surface area contributed by atoms with E-state index in [0.717, 1.165) is 0 Å². The number of benzene rings is 1. The van der Waals surface area contributed by atoms with E-state index >= 15 is 0 Å². The lowest BCUT2D eigenvalue weighted by atomic mass is 9.98. The number of ether oxygens (including phenoxy) is 1. The molecule has 0 saturated carbocycles. The summed E-state index contributed by atoms with van der Waals surface area (Å²) in [5, 5.41) is 11.5. The number of hydrogen-bond acceptors (Lipinski definition) is 5. The van der Waals surface area contributed by atoms with Crippen molar-refractivity contribution in [1.29, 1.82) is 5.26 Å². The molecule has 6 heteroatoms. The molecule has 24 heavy (non-hydrogen) atoms. The summed E-state index contributed by atoms with van der Waals surface area (Å²) < 4.78 is 5.57. The van der Waals surface area contributed by atoms with Gasteiger partial charge in [-0.25, -0.2) is 0 Å². The first-order valence-electron chi connectivity index (χ1n) is 7.16. The SMILES string of the molecule is C=CCNC(=O)[C@H](C#N)C(=O)c1ccc(Oc2cccnc2)cc1. The molecular formula is C18H15N3O3. The Morgan fingerprint density at radius 3 is 2.62 bits per heavy atom. The van der Waals surface area contributed by atoms with Crippen LogP contribution in [0.3, 0.4) is 0 Å². The lowest BCUT2D eigenvalue weighted by Crippen LogP contribution is -2.34. The van der Waals surface area contributed by atoms with Crippen LogP contribution in [0.25, 0.3) is 0 Å². The summed E-state index contributed by atoms with van der Waals surface area (Å²) in [5.41, 5.74) is 0.258. The second-order valence-corrected chi connectivity index (χ2v) is 4.78. The van der Waals surface area contributed by atoms with E-state index in [1.54, 1.807) is 42.7 Å². The van der Waals surface area contributed by atoms with Gasteiger partial charge in [-0.15, -0.1) is 6.58 Å². The van der Waals surface area contributed by atoms with Crippen LogP contribution >= 0.6 is 0 Å². The Morgan fingerprint density at radius 2 is 2.04 bits per heavy atom. The molecule has 1 aromatic heterocycles. The van der Waals surface area contributed by atoms with Gasteiger partial charge in [0.1, 0.15) is 11.5 Å². The third-order valence-electron chi connectivity index (χ3n) is 3.08. The minimum absolute atomic E-state index is 0.197. The molecule has 120 valence electrons. The number of pyridine rings is 1. The van der Waals surface area contributed by atoms with Crippen LogP contribution in [0, 0.1) is 17.2 Å². The van der Waals surface area contributed by atoms with Crippen molar-refractivity contribution >= 4 is 11.7 Å². The maximum Gasteiger partial charge on any atom is 0.245 e. The number of aromatic nitrogens is 1. The zero-order valence-electron chi connectivity index (χ0n) is 12.8. The first kappa shape index (κ1) is 16.9. The number of nitrogens with zero attached hydrogens (tertiary/aromatic N) is 2. The van der Waals surface area contributed by atoms with Gasteiger partial charge in [0.05, 0.1) is 12.3 Å². The van der Waals surface area contributed by atoms with Crippen molar-refractivity contribution in [2.24, 2.45) is 5.92 Å². The zero-order chi connectivity index (χ0) is 17.4. The van der Waals surface area contributed by atoms with Crippen LogP contribution in [0.15, 0.2) is 61.4 Å². The number of Topliss-reactive ketones (excluding diaryl/α,β-unsaturated/α-hetero) is 1. The van der Waals surface area contributed by atoms with Crippen molar-refractivity contribution in [3.8, 4) is 17.6 Å². The van der Waals surface area contributed by atoms with Crippen molar-refractivity contribution < 1.29 is 14.3 Å². The Morgan fingerprint density at radius 1 is 1.29 bits per heavy atom. The Labute approximate surface area is 139 Å². The van der Waals surface area contributed by atoms with E-state index in [0.29, 0.717) is 11.5 Å². The van der Waals surface area contributed by atoms with E-state index in [2.05, 4.69) is 16.9 Å². The molecule has 0 saturated heterocycles. The number of rotatable bonds is 7. The van der Waals surface area contributed by atoms with Crippen LogP contribution in [0.2, 0.25) is 0 Å². The maximum atomic E-state index is 12.3. The van der Waals surface area contributed by atoms with Crippen LogP contribution in [-0.4, -0.2) is 23.2 Å². The molecule has 1 heterocycles. The van der Waals surface area contributed by atoms with Crippen molar-refractivity contribution in [3.05, 3.63) is 67.0 Å². The normalized spacial score (nSPS) is 11.0. The Kier molecular flexibility index (Phi) is 5.81. The van der Waals surface area contributed by atoms with Crippen molar-refractivity contribution in [2.75, 3.05) is 6.54 Å². The average molecular weight is 321 g/mol. The summed E-state index contributed by atoms with van der Waals surface area (Å²) in [6.07, 6.45) is 4.67. The molecule has 0 unspecified atom stereocenters. The predicted molar refractivity (Wildman–Crippen MR) is 87.4 cm³/mol. The molecule has 0 aliphatic carbocycles. The molecule has 2 aromatic rings. The molecule has 2 rings (SSSR count). The van der Waals surface area contributed by atoms with E-state index in [-0.39, 0.29) is 12.1 Å². The van der Waals surface area contributed by atoms with Gasteiger partial charge in [-0.3, -0.25) is 14.6 Å². The van der Waals surface area contributed by atoms with E-state index in [1.807, 2.05) is 0 Å².